The van der Waals surface area contributed by atoms with Crippen LogP contribution in [0.1, 0.15) is 31.7 Å². The fraction of sp³-hybridized carbons (Fsp3) is 0.333. The van der Waals surface area contributed by atoms with Crippen LogP contribution in [0.2, 0.25) is 0 Å². The van der Waals surface area contributed by atoms with Crippen molar-refractivity contribution >= 4 is 32.7 Å². The Morgan fingerprint density at radius 2 is 1.79 bits per heavy atom. The molecule has 2 aromatic carbocycles. The molecule has 0 radical (unpaired) electrons. The van der Waals surface area contributed by atoms with Gasteiger partial charge in [0.2, 0.25) is 15.9 Å². The lowest BCUT2D eigenvalue weighted by Gasteiger charge is -2.18. The molecule has 0 atom stereocenters. The minimum atomic E-state index is -3.47. The zero-order valence-corrected chi connectivity index (χ0v) is 17.6. The van der Waals surface area contributed by atoms with Crippen LogP contribution in [-0.4, -0.2) is 36.7 Å². The van der Waals surface area contributed by atoms with Crippen LogP contribution in [0, 0.1) is 6.92 Å². The van der Waals surface area contributed by atoms with E-state index in [0.29, 0.717) is 42.2 Å². The quantitative estimate of drug-likeness (QED) is 0.605. The normalized spacial score (nSPS) is 11.9. The molecule has 0 saturated carbocycles. The number of carbonyl (C=O) groups excluding carboxylic acids is 1. The number of fused-ring (bicyclic) bond motifs is 1. The maximum atomic E-state index is 12.5. The lowest BCUT2D eigenvalue weighted by molar-refractivity contribution is -0.116. The molecule has 0 bridgehead atoms. The molecule has 1 N–H and O–H groups in total. The number of amides is 1. The Balaban J connectivity index is 1.59. The highest BCUT2D eigenvalue weighted by Gasteiger charge is 2.21. The fourth-order valence-corrected chi connectivity index (χ4v) is 4.60. The number of rotatable bonds is 8. The van der Waals surface area contributed by atoms with Gasteiger partial charge in [0.15, 0.2) is 11.5 Å². The van der Waals surface area contributed by atoms with Crippen molar-refractivity contribution in [3.8, 4) is 0 Å². The second kappa shape index (κ2) is 8.75. The number of benzene rings is 2. The van der Waals surface area contributed by atoms with Crippen molar-refractivity contribution in [3.63, 3.8) is 0 Å². The number of hydrogen-bond donors (Lipinski definition) is 1. The maximum Gasteiger partial charge on any atom is 0.243 e. The van der Waals surface area contributed by atoms with E-state index in [1.165, 1.54) is 4.31 Å². The number of sulfonamides is 1. The molecule has 0 saturated heterocycles. The van der Waals surface area contributed by atoms with E-state index in [-0.39, 0.29) is 17.2 Å². The summed E-state index contributed by atoms with van der Waals surface area (Å²) in [7, 11) is -3.47. The first-order valence-corrected chi connectivity index (χ1v) is 11.0. The number of aromatic nitrogens is 1. The van der Waals surface area contributed by atoms with E-state index in [1.54, 1.807) is 49.4 Å². The predicted molar refractivity (Wildman–Crippen MR) is 112 cm³/mol. The van der Waals surface area contributed by atoms with Gasteiger partial charge in [-0.15, -0.1) is 0 Å². The Hall–Kier alpha value is -2.71. The Kier molecular flexibility index (Phi) is 6.34. The van der Waals surface area contributed by atoms with Crippen molar-refractivity contribution in [2.75, 3.05) is 18.4 Å². The summed E-state index contributed by atoms with van der Waals surface area (Å²) in [6.07, 6.45) is 0.806. The highest BCUT2D eigenvalue weighted by Crippen LogP contribution is 2.20. The van der Waals surface area contributed by atoms with Crippen molar-refractivity contribution in [1.82, 2.24) is 9.29 Å². The van der Waals surface area contributed by atoms with E-state index < -0.39 is 10.0 Å². The van der Waals surface area contributed by atoms with E-state index in [9.17, 15) is 13.2 Å². The predicted octanol–water partition coefficient (Wildman–Crippen LogP) is 3.74. The molecule has 1 heterocycles. The van der Waals surface area contributed by atoms with E-state index >= 15 is 0 Å². The summed E-state index contributed by atoms with van der Waals surface area (Å²) >= 11 is 0. The van der Waals surface area contributed by atoms with Crippen molar-refractivity contribution in [2.24, 2.45) is 0 Å². The van der Waals surface area contributed by atoms with Crippen LogP contribution < -0.4 is 5.32 Å². The molecular formula is C21H25N3O4S. The molecule has 3 aromatic rings. The van der Waals surface area contributed by atoms with Crippen LogP contribution in [0.4, 0.5) is 5.69 Å². The fourth-order valence-electron chi connectivity index (χ4n) is 3.14. The third kappa shape index (κ3) is 4.83. The topological polar surface area (TPSA) is 92.5 Å². The molecule has 0 fully saturated rings. The summed E-state index contributed by atoms with van der Waals surface area (Å²) in [6, 6.07) is 12.0. The number of carbonyl (C=O) groups is 1. The lowest BCUT2D eigenvalue weighted by atomic mass is 10.1. The van der Waals surface area contributed by atoms with Crippen molar-refractivity contribution < 1.29 is 17.6 Å². The second-order valence-electron chi connectivity index (χ2n) is 6.70. The SMILES string of the molecule is CCN(CC)S(=O)(=O)c1ccc(CCC(=O)Nc2ccc3oc(C)nc3c2)cc1. The molecule has 1 amide bonds. The summed E-state index contributed by atoms with van der Waals surface area (Å²) in [4.78, 5) is 16.8. The average Bonchev–Trinajstić information content (AvgIpc) is 3.06. The molecule has 0 aliphatic heterocycles. The third-order valence-corrected chi connectivity index (χ3v) is 6.75. The summed E-state index contributed by atoms with van der Waals surface area (Å²) in [5.74, 6) is 0.458. The molecule has 8 heteroatoms. The highest BCUT2D eigenvalue weighted by molar-refractivity contribution is 7.89. The summed E-state index contributed by atoms with van der Waals surface area (Å²) in [5, 5.41) is 2.86. The first-order chi connectivity index (χ1) is 13.8. The zero-order chi connectivity index (χ0) is 21.0. The largest absolute Gasteiger partial charge is 0.441 e. The lowest BCUT2D eigenvalue weighted by Crippen LogP contribution is -2.30. The molecule has 0 aliphatic carbocycles. The number of hydrogen-bond acceptors (Lipinski definition) is 5. The van der Waals surface area contributed by atoms with Crippen molar-refractivity contribution in [2.45, 2.75) is 38.5 Å². The summed E-state index contributed by atoms with van der Waals surface area (Å²) in [6.45, 7) is 6.27. The number of aryl methyl sites for hydroxylation is 2. The van der Waals surface area contributed by atoms with Gasteiger partial charge in [0, 0.05) is 32.1 Å². The monoisotopic (exact) mass is 415 g/mol. The van der Waals surface area contributed by atoms with Crippen LogP contribution in [-0.2, 0) is 21.2 Å². The van der Waals surface area contributed by atoms with E-state index in [1.807, 2.05) is 13.8 Å². The Bertz CT molecular complexity index is 1100. The molecule has 29 heavy (non-hydrogen) atoms. The minimum Gasteiger partial charge on any atom is -0.441 e. The molecule has 154 valence electrons. The van der Waals surface area contributed by atoms with Gasteiger partial charge in [0.1, 0.15) is 5.52 Å². The van der Waals surface area contributed by atoms with Crippen LogP contribution in [0.15, 0.2) is 51.8 Å². The van der Waals surface area contributed by atoms with Crippen LogP contribution in [0.5, 0.6) is 0 Å². The van der Waals surface area contributed by atoms with E-state index in [4.69, 9.17) is 4.42 Å². The second-order valence-corrected chi connectivity index (χ2v) is 8.63. The highest BCUT2D eigenvalue weighted by atomic mass is 32.2. The van der Waals surface area contributed by atoms with Gasteiger partial charge in [-0.05, 0) is 42.3 Å². The number of nitrogens with one attached hydrogen (secondary N) is 1. The van der Waals surface area contributed by atoms with Gasteiger partial charge in [-0.1, -0.05) is 26.0 Å². The Morgan fingerprint density at radius 1 is 1.10 bits per heavy atom. The Labute approximate surface area is 170 Å². The summed E-state index contributed by atoms with van der Waals surface area (Å²) in [5.41, 5.74) is 2.95. The van der Waals surface area contributed by atoms with Gasteiger partial charge in [0.25, 0.3) is 0 Å². The molecule has 7 nitrogen and oxygen atoms in total. The van der Waals surface area contributed by atoms with Gasteiger partial charge in [-0.2, -0.15) is 4.31 Å². The van der Waals surface area contributed by atoms with Crippen LogP contribution >= 0.6 is 0 Å². The smallest absolute Gasteiger partial charge is 0.243 e. The maximum absolute atomic E-state index is 12.5. The van der Waals surface area contributed by atoms with Gasteiger partial charge in [-0.3, -0.25) is 4.79 Å². The number of oxazole rings is 1. The van der Waals surface area contributed by atoms with Gasteiger partial charge >= 0.3 is 0 Å². The van der Waals surface area contributed by atoms with Crippen molar-refractivity contribution in [1.29, 1.82) is 0 Å². The molecule has 0 aliphatic rings. The molecule has 0 spiro atoms. The molecular weight excluding hydrogens is 390 g/mol. The molecule has 0 unspecified atom stereocenters. The van der Waals surface area contributed by atoms with Gasteiger partial charge in [-0.25, -0.2) is 13.4 Å². The summed E-state index contributed by atoms with van der Waals surface area (Å²) < 4.78 is 31.9. The Morgan fingerprint density at radius 3 is 2.45 bits per heavy atom. The average molecular weight is 416 g/mol. The molecule has 3 rings (SSSR count). The van der Waals surface area contributed by atoms with E-state index in [2.05, 4.69) is 10.3 Å². The number of nitrogens with zero attached hydrogens (tertiary/aromatic N) is 2. The first-order valence-electron chi connectivity index (χ1n) is 9.59. The van der Waals surface area contributed by atoms with Crippen molar-refractivity contribution in [3.05, 3.63) is 53.9 Å². The zero-order valence-electron chi connectivity index (χ0n) is 16.8. The van der Waals surface area contributed by atoms with Gasteiger partial charge in [0.05, 0.1) is 4.90 Å². The standard InChI is InChI=1S/C21H25N3O4S/c1-4-24(5-2)29(26,27)18-10-6-16(7-11-18)8-13-21(25)23-17-9-12-20-19(14-17)22-15(3)28-20/h6-7,9-12,14H,4-5,8,13H2,1-3H3,(H,23,25). The number of anilines is 1. The van der Waals surface area contributed by atoms with Crippen LogP contribution in [0.25, 0.3) is 11.1 Å². The van der Waals surface area contributed by atoms with E-state index in [0.717, 1.165) is 5.56 Å². The first kappa shape index (κ1) is 21.0. The minimum absolute atomic E-state index is 0.121. The van der Waals surface area contributed by atoms with Gasteiger partial charge < -0.3 is 9.73 Å². The van der Waals surface area contributed by atoms with Crippen LogP contribution in [0.3, 0.4) is 0 Å². The third-order valence-electron chi connectivity index (χ3n) is 4.69. The molecule has 1 aromatic heterocycles.